The predicted molar refractivity (Wildman–Crippen MR) is 152 cm³/mol. The molecule has 3 aromatic carbocycles. The van der Waals surface area contributed by atoms with Crippen molar-refractivity contribution in [2.75, 3.05) is 19.6 Å². The minimum Gasteiger partial charge on any atom is -0.351 e. The topological polar surface area (TPSA) is 32.3 Å². The second kappa shape index (κ2) is 13.3. The molecule has 0 spiro atoms. The quantitative estimate of drug-likeness (QED) is 0.256. The molecule has 0 aliphatic carbocycles. The van der Waals surface area contributed by atoms with Crippen molar-refractivity contribution in [1.29, 1.82) is 0 Å². The molecule has 1 heterocycles. The standard InChI is InChI=1S/C29H29Cl4FN2O/c30-23-9-10-24(26(32)17-23)29(37)35-18-22(21-8-11-25(31)27(33)16-21)7-6-19-12-14-36(15-13-19)28(34)20-4-2-1-3-5-20/h1-5,8-11,16-17,19,22,28H,6-7,12-15,18H2,(H,35,37). The zero-order valence-corrected chi connectivity index (χ0v) is 23.3. The van der Waals surface area contributed by atoms with Crippen molar-refractivity contribution >= 4 is 52.3 Å². The minimum absolute atomic E-state index is 0.0427. The molecular formula is C29H29Cl4FN2O. The van der Waals surface area contributed by atoms with Gasteiger partial charge in [-0.15, -0.1) is 0 Å². The molecule has 0 saturated carbocycles. The van der Waals surface area contributed by atoms with Gasteiger partial charge in [-0.1, -0.05) is 82.8 Å². The van der Waals surface area contributed by atoms with Crippen LogP contribution in [0.1, 0.15) is 59.4 Å². The maximum atomic E-state index is 15.0. The third-order valence-corrected chi connectivity index (χ3v) is 8.35. The van der Waals surface area contributed by atoms with Crippen LogP contribution >= 0.6 is 46.4 Å². The van der Waals surface area contributed by atoms with Crippen molar-refractivity contribution in [3.8, 4) is 0 Å². The van der Waals surface area contributed by atoms with E-state index in [9.17, 15) is 9.18 Å². The zero-order valence-electron chi connectivity index (χ0n) is 20.3. The van der Waals surface area contributed by atoms with Crippen LogP contribution in [-0.4, -0.2) is 30.4 Å². The third-order valence-electron chi connectivity index (χ3n) is 7.07. The number of rotatable bonds is 9. The highest BCUT2D eigenvalue weighted by Gasteiger charge is 2.27. The summed E-state index contributed by atoms with van der Waals surface area (Å²) in [5.41, 5.74) is 2.10. The van der Waals surface area contributed by atoms with Crippen LogP contribution in [-0.2, 0) is 0 Å². The van der Waals surface area contributed by atoms with Gasteiger partial charge in [-0.25, -0.2) is 4.39 Å². The molecule has 1 N–H and O–H groups in total. The molecule has 8 heteroatoms. The van der Waals surface area contributed by atoms with Crippen molar-refractivity contribution in [3.63, 3.8) is 0 Å². The number of piperidine rings is 1. The van der Waals surface area contributed by atoms with E-state index in [2.05, 4.69) is 5.32 Å². The Balaban J connectivity index is 1.37. The van der Waals surface area contributed by atoms with Crippen LogP contribution in [0.25, 0.3) is 0 Å². The Morgan fingerprint density at radius 2 is 1.62 bits per heavy atom. The highest BCUT2D eigenvalue weighted by atomic mass is 35.5. The first-order valence-corrected chi connectivity index (χ1v) is 13.9. The summed E-state index contributed by atoms with van der Waals surface area (Å²) < 4.78 is 15.0. The zero-order chi connectivity index (χ0) is 26.4. The van der Waals surface area contributed by atoms with Gasteiger partial charge in [-0.2, -0.15) is 0 Å². The number of hydrogen-bond donors (Lipinski definition) is 1. The summed E-state index contributed by atoms with van der Waals surface area (Å²) in [6.45, 7) is 1.88. The Morgan fingerprint density at radius 3 is 2.30 bits per heavy atom. The van der Waals surface area contributed by atoms with Crippen molar-refractivity contribution in [1.82, 2.24) is 10.2 Å². The first kappa shape index (κ1) is 28.2. The number of likely N-dealkylation sites (tertiary alicyclic amines) is 1. The van der Waals surface area contributed by atoms with Crippen molar-refractivity contribution in [2.45, 2.75) is 37.9 Å². The second-order valence-electron chi connectivity index (χ2n) is 9.51. The van der Waals surface area contributed by atoms with E-state index in [0.717, 1.165) is 44.3 Å². The molecule has 3 aromatic rings. The molecule has 1 saturated heterocycles. The normalized spacial score (nSPS) is 16.4. The summed E-state index contributed by atoms with van der Waals surface area (Å²) in [5, 5.41) is 4.78. The fourth-order valence-electron chi connectivity index (χ4n) is 4.87. The van der Waals surface area contributed by atoms with Crippen LogP contribution in [0.3, 0.4) is 0 Å². The van der Waals surface area contributed by atoms with E-state index < -0.39 is 6.30 Å². The number of nitrogens with zero attached hydrogens (tertiary/aromatic N) is 1. The molecule has 37 heavy (non-hydrogen) atoms. The van der Waals surface area contributed by atoms with E-state index in [-0.39, 0.29) is 11.8 Å². The lowest BCUT2D eigenvalue weighted by atomic mass is 9.86. The number of nitrogens with one attached hydrogen (secondary N) is 1. The number of halogens is 5. The van der Waals surface area contributed by atoms with E-state index in [0.29, 0.717) is 43.7 Å². The van der Waals surface area contributed by atoms with Gasteiger partial charge in [0.15, 0.2) is 6.30 Å². The van der Waals surface area contributed by atoms with E-state index in [1.54, 1.807) is 24.3 Å². The number of amides is 1. The second-order valence-corrected chi connectivity index (χ2v) is 11.2. The van der Waals surface area contributed by atoms with E-state index in [1.165, 1.54) is 0 Å². The number of hydrogen-bond acceptors (Lipinski definition) is 2. The molecule has 1 fully saturated rings. The van der Waals surface area contributed by atoms with Crippen LogP contribution in [0.15, 0.2) is 66.7 Å². The van der Waals surface area contributed by atoms with Crippen molar-refractivity contribution < 1.29 is 9.18 Å². The lowest BCUT2D eigenvalue weighted by Gasteiger charge is -2.34. The molecule has 2 unspecified atom stereocenters. The first-order chi connectivity index (χ1) is 17.8. The van der Waals surface area contributed by atoms with Gasteiger partial charge in [0.05, 0.1) is 20.6 Å². The Morgan fingerprint density at radius 1 is 0.892 bits per heavy atom. The van der Waals surface area contributed by atoms with E-state index in [4.69, 9.17) is 46.4 Å². The van der Waals surface area contributed by atoms with Crippen LogP contribution < -0.4 is 5.32 Å². The number of alkyl halides is 1. The van der Waals surface area contributed by atoms with Gasteiger partial charge < -0.3 is 5.32 Å². The molecular weight excluding hydrogens is 553 g/mol. The van der Waals surface area contributed by atoms with Gasteiger partial charge in [0.2, 0.25) is 0 Å². The van der Waals surface area contributed by atoms with Crippen molar-refractivity contribution in [3.05, 3.63) is 104 Å². The molecule has 1 amide bonds. The summed E-state index contributed by atoms with van der Waals surface area (Å²) in [5.74, 6) is 0.280. The summed E-state index contributed by atoms with van der Waals surface area (Å²) in [4.78, 5) is 14.7. The van der Waals surface area contributed by atoms with Crippen LogP contribution in [0.2, 0.25) is 20.1 Å². The lowest BCUT2D eigenvalue weighted by molar-refractivity contribution is 0.0456. The van der Waals surface area contributed by atoms with Gasteiger partial charge in [0.25, 0.3) is 5.91 Å². The van der Waals surface area contributed by atoms with Crippen LogP contribution in [0.5, 0.6) is 0 Å². The van der Waals surface area contributed by atoms with Crippen LogP contribution in [0, 0.1) is 5.92 Å². The highest BCUT2D eigenvalue weighted by Crippen LogP contribution is 2.34. The van der Waals surface area contributed by atoms with Gasteiger partial charge in [-0.05, 0) is 67.5 Å². The number of benzene rings is 3. The highest BCUT2D eigenvalue weighted by molar-refractivity contribution is 6.42. The first-order valence-electron chi connectivity index (χ1n) is 12.4. The summed E-state index contributed by atoms with van der Waals surface area (Å²) >= 11 is 24.6. The predicted octanol–water partition coefficient (Wildman–Crippen LogP) is 8.97. The van der Waals surface area contributed by atoms with E-state index >= 15 is 0 Å². The molecule has 2 atom stereocenters. The Labute approximate surface area is 237 Å². The molecule has 0 radical (unpaired) electrons. The molecule has 0 aromatic heterocycles. The smallest absolute Gasteiger partial charge is 0.252 e. The Kier molecular flexibility index (Phi) is 10.1. The third kappa shape index (κ3) is 7.61. The molecule has 196 valence electrons. The Bertz CT molecular complexity index is 1200. The summed E-state index contributed by atoms with van der Waals surface area (Å²) in [6.07, 6.45) is 2.64. The summed E-state index contributed by atoms with van der Waals surface area (Å²) in [6, 6.07) is 19.7. The number of carbonyl (C=O) groups is 1. The largest absolute Gasteiger partial charge is 0.351 e. The molecule has 1 aliphatic heterocycles. The van der Waals surface area contributed by atoms with E-state index in [1.807, 2.05) is 47.4 Å². The molecule has 0 bridgehead atoms. The molecule has 1 aliphatic rings. The molecule has 4 rings (SSSR count). The monoisotopic (exact) mass is 580 g/mol. The number of carbonyl (C=O) groups excluding carboxylic acids is 1. The minimum atomic E-state index is -1.07. The van der Waals surface area contributed by atoms with Crippen molar-refractivity contribution in [2.24, 2.45) is 5.92 Å². The summed E-state index contributed by atoms with van der Waals surface area (Å²) in [7, 11) is 0. The fourth-order valence-corrected chi connectivity index (χ4v) is 5.67. The molecule has 3 nitrogen and oxygen atoms in total. The SMILES string of the molecule is O=C(NCC(CCC1CCN(C(F)c2ccccc2)CC1)c1ccc(Cl)c(Cl)c1)c1ccc(Cl)cc1Cl. The Hall–Kier alpha value is -1.82. The van der Waals surface area contributed by atoms with Crippen LogP contribution in [0.4, 0.5) is 4.39 Å². The average molecular weight is 582 g/mol. The fraction of sp³-hybridized carbons (Fsp3) is 0.345. The van der Waals surface area contributed by atoms with Gasteiger partial charge in [0.1, 0.15) is 0 Å². The maximum Gasteiger partial charge on any atom is 0.252 e. The van der Waals surface area contributed by atoms with Gasteiger partial charge in [0, 0.05) is 36.1 Å². The van der Waals surface area contributed by atoms with Gasteiger partial charge in [-0.3, -0.25) is 9.69 Å². The lowest BCUT2D eigenvalue weighted by Crippen LogP contribution is -2.35. The maximum absolute atomic E-state index is 15.0. The van der Waals surface area contributed by atoms with Gasteiger partial charge >= 0.3 is 0 Å². The average Bonchev–Trinajstić information content (AvgIpc) is 2.90.